The van der Waals surface area contributed by atoms with E-state index in [1.165, 1.54) is 0 Å². The Balaban J connectivity index is 2.63. The lowest BCUT2D eigenvalue weighted by atomic mass is 10.1. The first-order valence-electron chi connectivity index (χ1n) is 3.56. The molecule has 1 aliphatic rings. The maximum atomic E-state index is 9.30. The molecule has 0 saturated carbocycles. The molecule has 1 rings (SSSR count). The first-order valence-corrected chi connectivity index (χ1v) is 5.02. The fourth-order valence-electron chi connectivity index (χ4n) is 1.08. The minimum Gasteiger partial charge on any atom is -0.395 e. The highest BCUT2D eigenvalue weighted by Crippen LogP contribution is 2.34. The molecule has 1 saturated heterocycles. The highest BCUT2D eigenvalue weighted by molar-refractivity contribution is 8.10. The molecule has 0 unspecified atom stereocenters. The van der Waals surface area contributed by atoms with Crippen LogP contribution in [0.1, 0.15) is 0 Å². The molecule has 72 valence electrons. The van der Waals surface area contributed by atoms with Gasteiger partial charge in [0.2, 0.25) is 0 Å². The van der Waals surface area contributed by atoms with Gasteiger partial charge in [-0.3, -0.25) is 0 Å². The van der Waals surface area contributed by atoms with Gasteiger partial charge >= 0.3 is 0 Å². The minimum absolute atomic E-state index is 0.229. The Bertz CT molecular complexity index is 152. The molecule has 1 heterocycles. The van der Waals surface area contributed by atoms with Crippen LogP contribution in [-0.2, 0) is 0 Å². The van der Waals surface area contributed by atoms with Crippen molar-refractivity contribution in [3.05, 3.63) is 0 Å². The first kappa shape index (κ1) is 10.6. The monoisotopic (exact) mass is 212 g/mol. The van der Waals surface area contributed by atoms with E-state index in [4.69, 9.17) is 5.11 Å². The van der Waals surface area contributed by atoms with E-state index in [-0.39, 0.29) is 6.61 Å². The van der Waals surface area contributed by atoms with Gasteiger partial charge in [0.05, 0.1) is 22.5 Å². The van der Waals surface area contributed by atoms with E-state index in [1.54, 1.807) is 0 Å². The molecule has 0 radical (unpaired) electrons. The van der Waals surface area contributed by atoms with Crippen molar-refractivity contribution in [3.8, 4) is 0 Å². The third-order valence-electron chi connectivity index (χ3n) is 1.87. The molecule has 0 spiro atoms. The van der Waals surface area contributed by atoms with Crippen molar-refractivity contribution in [2.75, 3.05) is 6.61 Å². The molecule has 12 heavy (non-hydrogen) atoms. The molecule has 4 nitrogen and oxygen atoms in total. The predicted molar refractivity (Wildman–Crippen MR) is 49.3 cm³/mol. The zero-order valence-corrected chi connectivity index (χ0v) is 7.95. The lowest BCUT2D eigenvalue weighted by Crippen LogP contribution is -2.52. The van der Waals surface area contributed by atoms with E-state index >= 15 is 0 Å². The van der Waals surface area contributed by atoms with E-state index in [2.05, 4.69) is 12.6 Å². The van der Waals surface area contributed by atoms with Gasteiger partial charge in [-0.05, 0) is 0 Å². The molecule has 5 atom stereocenters. The Morgan fingerprint density at radius 3 is 2.17 bits per heavy atom. The van der Waals surface area contributed by atoms with Crippen molar-refractivity contribution in [2.45, 2.75) is 28.1 Å². The van der Waals surface area contributed by atoms with Gasteiger partial charge in [-0.1, -0.05) is 0 Å². The van der Waals surface area contributed by atoms with Gasteiger partial charge in [0.1, 0.15) is 12.2 Å². The van der Waals surface area contributed by atoms with Crippen LogP contribution >= 0.6 is 24.4 Å². The highest BCUT2D eigenvalue weighted by atomic mass is 32.2. The highest BCUT2D eigenvalue weighted by Gasteiger charge is 2.41. The molecule has 0 aromatic carbocycles. The second-order valence-electron chi connectivity index (χ2n) is 2.72. The van der Waals surface area contributed by atoms with E-state index in [9.17, 15) is 15.3 Å². The van der Waals surface area contributed by atoms with Crippen LogP contribution in [-0.4, -0.2) is 55.2 Å². The van der Waals surface area contributed by atoms with Gasteiger partial charge in [0.25, 0.3) is 0 Å². The van der Waals surface area contributed by atoms with Gasteiger partial charge in [-0.2, -0.15) is 12.6 Å². The van der Waals surface area contributed by atoms with Gasteiger partial charge < -0.3 is 20.4 Å². The van der Waals surface area contributed by atoms with Crippen molar-refractivity contribution in [1.82, 2.24) is 0 Å². The zero-order valence-electron chi connectivity index (χ0n) is 6.24. The summed E-state index contributed by atoms with van der Waals surface area (Å²) in [6.45, 7) is -0.229. The summed E-state index contributed by atoms with van der Waals surface area (Å²) in [7, 11) is 0. The topological polar surface area (TPSA) is 80.9 Å². The molecule has 1 aliphatic heterocycles. The summed E-state index contributed by atoms with van der Waals surface area (Å²) >= 11 is 5.16. The Hall–Kier alpha value is 0.540. The molecular formula is C6H12O4S2. The standard InChI is InChI=1S/C6H12O4S2/c7-1-2-3(8)4(9)5(10)6(11)12-2/h2-11H,1H2/t2-,3-,4+,5-,6-/m1/s1. The van der Waals surface area contributed by atoms with E-state index in [1.807, 2.05) is 0 Å². The van der Waals surface area contributed by atoms with Gasteiger partial charge in [-0.25, -0.2) is 0 Å². The van der Waals surface area contributed by atoms with E-state index in [0.717, 1.165) is 11.8 Å². The molecule has 6 heteroatoms. The zero-order chi connectivity index (χ0) is 9.30. The number of aliphatic hydroxyl groups excluding tert-OH is 4. The van der Waals surface area contributed by atoms with Crippen molar-refractivity contribution >= 4 is 24.4 Å². The molecular weight excluding hydrogens is 200 g/mol. The fourth-order valence-corrected chi connectivity index (χ4v) is 2.82. The number of rotatable bonds is 1. The normalized spacial score (nSPS) is 49.2. The molecule has 0 aliphatic carbocycles. The molecule has 0 bridgehead atoms. The van der Waals surface area contributed by atoms with Crippen molar-refractivity contribution in [2.24, 2.45) is 0 Å². The third kappa shape index (κ3) is 1.89. The Labute approximate surface area is 80.0 Å². The summed E-state index contributed by atoms with van der Waals surface area (Å²) in [6, 6.07) is 0. The lowest BCUT2D eigenvalue weighted by molar-refractivity contribution is -0.0623. The fraction of sp³-hybridized carbons (Fsp3) is 1.00. The number of hydrogen-bond donors (Lipinski definition) is 5. The van der Waals surface area contributed by atoms with Crippen molar-refractivity contribution in [1.29, 1.82) is 0 Å². The maximum absolute atomic E-state index is 9.30. The van der Waals surface area contributed by atoms with Crippen molar-refractivity contribution < 1.29 is 20.4 Å². The van der Waals surface area contributed by atoms with Crippen LogP contribution < -0.4 is 0 Å². The summed E-state index contributed by atoms with van der Waals surface area (Å²) in [5.74, 6) is 0. The average molecular weight is 212 g/mol. The number of thiol groups is 1. The molecule has 0 aromatic rings. The van der Waals surface area contributed by atoms with Crippen LogP contribution in [0.3, 0.4) is 0 Å². The summed E-state index contributed by atoms with van der Waals surface area (Å²) < 4.78 is -0.458. The largest absolute Gasteiger partial charge is 0.395 e. The SMILES string of the molecule is OC[C@H]1S[C@@H](S)[C@H](O)[C@@H](O)[C@@H]1O. The van der Waals surface area contributed by atoms with Crippen LogP contribution in [0.15, 0.2) is 0 Å². The first-order chi connectivity index (χ1) is 5.57. The summed E-state index contributed by atoms with van der Waals surface area (Å²) in [5.41, 5.74) is 0. The molecule has 4 N–H and O–H groups in total. The van der Waals surface area contributed by atoms with Crippen LogP contribution in [0.25, 0.3) is 0 Å². The predicted octanol–water partition coefficient (Wildman–Crippen LogP) is -1.57. The van der Waals surface area contributed by atoms with Gasteiger partial charge in [0, 0.05) is 0 Å². The van der Waals surface area contributed by atoms with Gasteiger partial charge in [0.15, 0.2) is 0 Å². The number of aliphatic hydroxyl groups is 4. The van der Waals surface area contributed by atoms with E-state index in [0.29, 0.717) is 0 Å². The molecule has 0 amide bonds. The smallest absolute Gasteiger partial charge is 0.109 e. The Kier molecular flexibility index (Phi) is 3.69. The van der Waals surface area contributed by atoms with E-state index < -0.39 is 28.1 Å². The Morgan fingerprint density at radius 1 is 1.08 bits per heavy atom. The van der Waals surface area contributed by atoms with Crippen LogP contribution in [0.4, 0.5) is 0 Å². The minimum atomic E-state index is -1.22. The summed E-state index contributed by atoms with van der Waals surface area (Å²) in [4.78, 5) is 0. The van der Waals surface area contributed by atoms with Gasteiger partial charge in [-0.15, -0.1) is 11.8 Å². The molecule has 1 fully saturated rings. The molecule has 0 aromatic heterocycles. The quantitative estimate of drug-likeness (QED) is 0.339. The second-order valence-corrected chi connectivity index (χ2v) is 5.01. The second kappa shape index (κ2) is 4.17. The van der Waals surface area contributed by atoms with Crippen LogP contribution in [0.2, 0.25) is 0 Å². The maximum Gasteiger partial charge on any atom is 0.109 e. The Morgan fingerprint density at radius 2 is 1.67 bits per heavy atom. The number of hydrogen-bond acceptors (Lipinski definition) is 6. The summed E-state index contributed by atoms with van der Waals surface area (Å²) in [5, 5.41) is 36.1. The van der Waals surface area contributed by atoms with Crippen LogP contribution in [0.5, 0.6) is 0 Å². The summed E-state index contributed by atoms with van der Waals surface area (Å²) in [6.07, 6.45) is -3.35. The lowest BCUT2D eigenvalue weighted by Gasteiger charge is -2.37. The number of thioether (sulfide) groups is 1. The van der Waals surface area contributed by atoms with Crippen molar-refractivity contribution in [3.63, 3.8) is 0 Å². The average Bonchev–Trinajstić information content (AvgIpc) is 2.08. The third-order valence-corrected chi connectivity index (χ3v) is 3.87. The van der Waals surface area contributed by atoms with Crippen LogP contribution in [0, 0.1) is 0 Å².